The molecule has 0 spiro atoms. The highest BCUT2D eigenvalue weighted by Crippen LogP contribution is 2.46. The monoisotopic (exact) mass is 589 g/mol. The maximum atomic E-state index is 14.9. The third kappa shape index (κ3) is 4.10. The average Bonchev–Trinajstić information content (AvgIpc) is 3.12. The van der Waals surface area contributed by atoms with Gasteiger partial charge in [0.15, 0.2) is 0 Å². The van der Waals surface area contributed by atoms with Gasteiger partial charge in [0.2, 0.25) is 0 Å². The minimum atomic E-state index is -0.0558. The van der Waals surface area contributed by atoms with Gasteiger partial charge >= 0.3 is 0 Å². The maximum Gasteiger partial charge on any atom is 0.263 e. The van der Waals surface area contributed by atoms with Crippen LogP contribution in [0.2, 0.25) is 0 Å². The van der Waals surface area contributed by atoms with Crippen molar-refractivity contribution in [2.24, 2.45) is 0 Å². The Labute approximate surface area is 266 Å². The molecule has 1 aliphatic rings. The van der Waals surface area contributed by atoms with Crippen molar-refractivity contribution in [2.75, 3.05) is 0 Å². The van der Waals surface area contributed by atoms with Gasteiger partial charge in [0, 0.05) is 33.0 Å². The first-order valence-electron chi connectivity index (χ1n) is 15.5. The molecule has 0 saturated heterocycles. The van der Waals surface area contributed by atoms with Gasteiger partial charge in [-0.3, -0.25) is 9.36 Å². The first-order valence-corrected chi connectivity index (χ1v) is 15.5. The molecule has 0 bridgehead atoms. The number of fused-ring (bicyclic) bond motifs is 8. The van der Waals surface area contributed by atoms with E-state index in [1.54, 1.807) is 0 Å². The van der Waals surface area contributed by atoms with Gasteiger partial charge in [-0.25, -0.2) is 0 Å². The van der Waals surface area contributed by atoms with Crippen molar-refractivity contribution in [3.8, 4) is 61.7 Å². The molecule has 0 unspecified atom stereocenters. The third-order valence-corrected chi connectivity index (χ3v) is 9.01. The normalized spacial score (nSPS) is 11.7. The first kappa shape index (κ1) is 26.2. The fraction of sp³-hybridized carbons (Fsp3) is 0. The first-order chi connectivity index (χ1) is 22.7. The molecular weight excluding hydrogens is 562 g/mol. The maximum absolute atomic E-state index is 14.9. The molecule has 216 valence electrons. The highest BCUT2D eigenvalue weighted by molar-refractivity contribution is 6.14. The number of hydrogen-bond donors (Lipinski definition) is 0. The molecule has 0 aliphatic carbocycles. The summed E-state index contributed by atoms with van der Waals surface area (Å²) in [5.41, 5.74) is 9.68. The van der Waals surface area contributed by atoms with Crippen LogP contribution in [-0.2, 0) is 0 Å². The summed E-state index contributed by atoms with van der Waals surface area (Å²) in [4.78, 5) is 14.9. The molecule has 0 atom stereocenters. The SMILES string of the molecule is O=c1c2ccc(-c3ccccc3)cc2c2cc(-c3ccccc3)cc3c2n1-c1ccccc1-c1ccccc1Oc1ccccc1-3. The van der Waals surface area contributed by atoms with Crippen LogP contribution in [0.1, 0.15) is 0 Å². The van der Waals surface area contributed by atoms with Gasteiger partial charge in [-0.15, -0.1) is 0 Å². The fourth-order valence-corrected chi connectivity index (χ4v) is 6.87. The Balaban J connectivity index is 1.53. The Bertz CT molecular complexity index is 2510. The van der Waals surface area contributed by atoms with E-state index in [4.69, 9.17) is 4.74 Å². The van der Waals surface area contributed by atoms with E-state index in [9.17, 15) is 4.79 Å². The van der Waals surface area contributed by atoms with Gasteiger partial charge in [0.05, 0.1) is 11.2 Å². The Hall–Kier alpha value is -6.19. The van der Waals surface area contributed by atoms with Crippen molar-refractivity contribution >= 4 is 21.7 Å². The van der Waals surface area contributed by atoms with E-state index < -0.39 is 0 Å². The van der Waals surface area contributed by atoms with E-state index in [2.05, 4.69) is 78.9 Å². The van der Waals surface area contributed by atoms with Crippen LogP contribution >= 0.6 is 0 Å². The van der Waals surface area contributed by atoms with Crippen LogP contribution in [0, 0.1) is 0 Å². The van der Waals surface area contributed by atoms with Gasteiger partial charge in [-0.2, -0.15) is 0 Å². The smallest absolute Gasteiger partial charge is 0.263 e. The Morgan fingerprint density at radius 3 is 1.63 bits per heavy atom. The number of rotatable bonds is 2. The van der Waals surface area contributed by atoms with Crippen LogP contribution in [0.25, 0.3) is 71.9 Å². The summed E-state index contributed by atoms with van der Waals surface area (Å²) in [6.07, 6.45) is 0. The Kier molecular flexibility index (Phi) is 5.97. The summed E-state index contributed by atoms with van der Waals surface area (Å²) in [6, 6.07) is 55.8. The van der Waals surface area contributed by atoms with Crippen molar-refractivity contribution in [1.82, 2.24) is 4.57 Å². The average molecular weight is 590 g/mol. The summed E-state index contributed by atoms with van der Waals surface area (Å²) >= 11 is 0. The molecule has 3 heteroatoms. The zero-order chi connectivity index (χ0) is 30.6. The van der Waals surface area contributed by atoms with Gasteiger partial charge in [-0.05, 0) is 70.1 Å². The summed E-state index contributed by atoms with van der Waals surface area (Å²) in [7, 11) is 0. The Morgan fingerprint density at radius 1 is 0.391 bits per heavy atom. The predicted octanol–water partition coefficient (Wildman–Crippen LogP) is 10.9. The minimum Gasteiger partial charge on any atom is -0.456 e. The molecule has 8 aromatic rings. The number of nitrogens with zero attached hydrogens (tertiary/aromatic N) is 1. The standard InChI is InChI=1S/C43H27NO2/c45-43-35-24-23-30(28-13-3-1-4-14-28)25-36(35)38-27-31(29-15-5-2-6-16-29)26-37-34-19-9-12-22-41(34)46-40-21-11-8-18-33(40)32-17-7-10-20-39(32)44(43)42(37)38/h1-27H. The van der Waals surface area contributed by atoms with Crippen molar-refractivity contribution < 1.29 is 4.74 Å². The van der Waals surface area contributed by atoms with Gasteiger partial charge in [-0.1, -0.05) is 121 Å². The minimum absolute atomic E-state index is 0.0558. The highest BCUT2D eigenvalue weighted by atomic mass is 16.5. The van der Waals surface area contributed by atoms with E-state index in [1.165, 1.54) is 0 Å². The lowest BCUT2D eigenvalue weighted by Crippen LogP contribution is -2.21. The van der Waals surface area contributed by atoms with Gasteiger partial charge in [0.1, 0.15) is 11.5 Å². The molecule has 1 aliphatic heterocycles. The van der Waals surface area contributed by atoms with Gasteiger partial charge in [0.25, 0.3) is 5.56 Å². The number of benzene rings is 7. The number of aromatic nitrogens is 1. The summed E-state index contributed by atoms with van der Waals surface area (Å²) in [5.74, 6) is 1.47. The molecule has 3 nitrogen and oxygen atoms in total. The van der Waals surface area contributed by atoms with Crippen LogP contribution in [0.4, 0.5) is 0 Å². The van der Waals surface area contributed by atoms with E-state index in [1.807, 2.05) is 89.5 Å². The lowest BCUT2D eigenvalue weighted by molar-refractivity contribution is 0.486. The molecule has 9 rings (SSSR count). The van der Waals surface area contributed by atoms with Crippen molar-refractivity contribution in [3.05, 3.63) is 174 Å². The van der Waals surface area contributed by atoms with E-state index in [0.29, 0.717) is 5.39 Å². The summed E-state index contributed by atoms with van der Waals surface area (Å²) < 4.78 is 8.70. The van der Waals surface area contributed by atoms with Crippen molar-refractivity contribution in [1.29, 1.82) is 0 Å². The van der Waals surface area contributed by atoms with E-state index >= 15 is 0 Å². The number of pyridine rings is 1. The fourth-order valence-electron chi connectivity index (χ4n) is 6.87. The number of para-hydroxylation sites is 3. The molecule has 2 heterocycles. The van der Waals surface area contributed by atoms with E-state index in [0.717, 1.165) is 78.0 Å². The molecule has 0 amide bonds. The van der Waals surface area contributed by atoms with Crippen LogP contribution in [0.5, 0.6) is 11.5 Å². The molecule has 7 aromatic carbocycles. The third-order valence-electron chi connectivity index (χ3n) is 9.01. The summed E-state index contributed by atoms with van der Waals surface area (Å²) in [5, 5.41) is 2.60. The number of hydrogen-bond acceptors (Lipinski definition) is 2. The zero-order valence-electron chi connectivity index (χ0n) is 24.9. The molecule has 0 fully saturated rings. The largest absolute Gasteiger partial charge is 0.456 e. The van der Waals surface area contributed by atoms with Crippen molar-refractivity contribution in [2.45, 2.75) is 0 Å². The topological polar surface area (TPSA) is 31.2 Å². The van der Waals surface area contributed by atoms with Crippen LogP contribution in [0.15, 0.2) is 169 Å². The molecule has 46 heavy (non-hydrogen) atoms. The lowest BCUT2D eigenvalue weighted by atomic mass is 9.91. The summed E-state index contributed by atoms with van der Waals surface area (Å²) in [6.45, 7) is 0. The van der Waals surface area contributed by atoms with Gasteiger partial charge < -0.3 is 4.74 Å². The molecule has 0 N–H and O–H groups in total. The molecule has 0 saturated carbocycles. The molecule has 1 aromatic heterocycles. The second kappa shape index (κ2) is 10.5. The van der Waals surface area contributed by atoms with Crippen LogP contribution < -0.4 is 10.3 Å². The zero-order valence-corrected chi connectivity index (χ0v) is 24.9. The Morgan fingerprint density at radius 2 is 0.935 bits per heavy atom. The van der Waals surface area contributed by atoms with Crippen LogP contribution in [0.3, 0.4) is 0 Å². The second-order valence-electron chi connectivity index (χ2n) is 11.7. The highest BCUT2D eigenvalue weighted by Gasteiger charge is 2.24. The molecule has 0 radical (unpaired) electrons. The van der Waals surface area contributed by atoms with Crippen LogP contribution in [-0.4, -0.2) is 4.57 Å². The van der Waals surface area contributed by atoms with Crippen molar-refractivity contribution in [3.63, 3.8) is 0 Å². The van der Waals surface area contributed by atoms with E-state index in [-0.39, 0.29) is 5.56 Å². The quantitative estimate of drug-likeness (QED) is 0.188. The molecular formula is C43H27NO2. The predicted molar refractivity (Wildman–Crippen MR) is 189 cm³/mol. The second-order valence-corrected chi connectivity index (χ2v) is 11.7. The number of ether oxygens (including phenoxy) is 1. The lowest BCUT2D eigenvalue weighted by Gasteiger charge is -2.24.